The molecule has 5 heteroatoms. The Hall–Kier alpha value is -1.13. The molecule has 0 radical (unpaired) electrons. The van der Waals surface area contributed by atoms with Gasteiger partial charge in [0.1, 0.15) is 16.5 Å². The van der Waals surface area contributed by atoms with E-state index in [0.29, 0.717) is 22.2 Å². The Kier molecular flexibility index (Phi) is 3.94. The maximum atomic E-state index is 13.6. The van der Waals surface area contributed by atoms with Gasteiger partial charge in [0.05, 0.1) is 10.0 Å². The van der Waals surface area contributed by atoms with E-state index in [1.807, 2.05) is 0 Å². The first-order chi connectivity index (χ1) is 9.65. The van der Waals surface area contributed by atoms with E-state index in [9.17, 15) is 4.39 Å². The van der Waals surface area contributed by atoms with Gasteiger partial charge >= 0.3 is 0 Å². The van der Waals surface area contributed by atoms with E-state index in [-0.39, 0.29) is 5.02 Å². The summed E-state index contributed by atoms with van der Waals surface area (Å²) in [6.07, 6.45) is 6.19. The number of hydrogen-bond acceptors (Lipinski definition) is 3. The molecule has 1 fully saturated rings. The van der Waals surface area contributed by atoms with Crippen molar-refractivity contribution in [2.75, 3.05) is 5.73 Å². The van der Waals surface area contributed by atoms with Gasteiger partial charge < -0.3 is 5.73 Å². The first kappa shape index (κ1) is 13.8. The van der Waals surface area contributed by atoms with Gasteiger partial charge in [0.15, 0.2) is 0 Å². The summed E-state index contributed by atoms with van der Waals surface area (Å²) >= 11 is 7.25. The molecule has 0 saturated heterocycles. The molecule has 2 aromatic rings. The molecule has 1 aromatic carbocycles. The van der Waals surface area contributed by atoms with Crippen LogP contribution in [0, 0.1) is 5.82 Å². The zero-order valence-electron chi connectivity index (χ0n) is 11.0. The number of nitrogens with two attached hydrogens (primary N) is 1. The highest BCUT2D eigenvalue weighted by atomic mass is 35.5. The number of nitrogen functional groups attached to an aromatic ring is 1. The maximum Gasteiger partial charge on any atom is 0.142 e. The van der Waals surface area contributed by atoms with Gasteiger partial charge in [0.2, 0.25) is 0 Å². The Bertz CT molecular complexity index is 620. The number of rotatable bonds is 2. The van der Waals surface area contributed by atoms with E-state index >= 15 is 0 Å². The molecule has 0 amide bonds. The lowest BCUT2D eigenvalue weighted by Gasteiger charge is -2.18. The van der Waals surface area contributed by atoms with Gasteiger partial charge in [-0.15, -0.1) is 11.3 Å². The highest BCUT2D eigenvalue weighted by molar-refractivity contribution is 7.16. The summed E-state index contributed by atoms with van der Waals surface area (Å²) in [6.45, 7) is 0. The second kappa shape index (κ2) is 5.70. The van der Waals surface area contributed by atoms with E-state index in [2.05, 4.69) is 4.98 Å². The molecule has 1 aliphatic rings. The predicted octanol–water partition coefficient (Wildman–Crippen LogP) is 5.23. The Morgan fingerprint density at radius 3 is 2.70 bits per heavy atom. The monoisotopic (exact) mass is 310 g/mol. The van der Waals surface area contributed by atoms with Crippen LogP contribution in [-0.2, 0) is 0 Å². The van der Waals surface area contributed by atoms with Crippen molar-refractivity contribution in [3.05, 3.63) is 34.0 Å². The molecule has 1 heterocycles. The standard InChI is InChI=1S/C15H16ClFN2S/c16-11-7-6-10(8-12(11)17)13-14(18)20-15(19-13)9-4-2-1-3-5-9/h6-9H,1-5,18H2. The Labute approximate surface area is 126 Å². The summed E-state index contributed by atoms with van der Waals surface area (Å²) in [5.74, 6) is 0.0812. The van der Waals surface area contributed by atoms with Crippen molar-refractivity contribution < 1.29 is 4.39 Å². The zero-order chi connectivity index (χ0) is 14.1. The van der Waals surface area contributed by atoms with Gasteiger partial charge in [-0.1, -0.05) is 36.9 Å². The van der Waals surface area contributed by atoms with Gasteiger partial charge in [0.25, 0.3) is 0 Å². The maximum absolute atomic E-state index is 13.6. The first-order valence-corrected chi connectivity index (χ1v) is 8.06. The van der Waals surface area contributed by atoms with Crippen LogP contribution in [0.1, 0.15) is 43.0 Å². The number of thiazole rings is 1. The van der Waals surface area contributed by atoms with Crippen LogP contribution in [0.25, 0.3) is 11.3 Å². The Balaban J connectivity index is 1.93. The molecule has 0 atom stereocenters. The molecule has 2 nitrogen and oxygen atoms in total. The van der Waals surface area contributed by atoms with E-state index in [1.54, 1.807) is 12.1 Å². The lowest BCUT2D eigenvalue weighted by atomic mass is 9.90. The molecule has 0 bridgehead atoms. The first-order valence-electron chi connectivity index (χ1n) is 6.87. The number of nitrogens with zero attached hydrogens (tertiary/aromatic N) is 1. The van der Waals surface area contributed by atoms with Crippen LogP contribution in [0.5, 0.6) is 0 Å². The van der Waals surface area contributed by atoms with Gasteiger partial charge in [-0.3, -0.25) is 0 Å². The topological polar surface area (TPSA) is 38.9 Å². The fraction of sp³-hybridized carbons (Fsp3) is 0.400. The van der Waals surface area contributed by atoms with Crippen LogP contribution in [0.2, 0.25) is 5.02 Å². The third-order valence-electron chi connectivity index (χ3n) is 3.82. The van der Waals surface area contributed by atoms with Crippen LogP contribution in [0.4, 0.5) is 9.39 Å². The third-order valence-corrected chi connectivity index (χ3v) is 5.17. The Morgan fingerprint density at radius 2 is 2.00 bits per heavy atom. The molecule has 1 saturated carbocycles. The second-order valence-electron chi connectivity index (χ2n) is 5.23. The normalized spacial score (nSPS) is 16.5. The predicted molar refractivity (Wildman–Crippen MR) is 82.8 cm³/mol. The SMILES string of the molecule is Nc1sc(C2CCCCC2)nc1-c1ccc(Cl)c(F)c1. The minimum Gasteiger partial charge on any atom is -0.389 e. The molecule has 0 unspecified atom stereocenters. The number of benzene rings is 1. The summed E-state index contributed by atoms with van der Waals surface area (Å²) in [5, 5.41) is 1.87. The van der Waals surface area contributed by atoms with E-state index in [4.69, 9.17) is 17.3 Å². The number of aromatic nitrogens is 1. The molecule has 2 N–H and O–H groups in total. The molecule has 1 aromatic heterocycles. The highest BCUT2D eigenvalue weighted by Crippen LogP contribution is 2.40. The summed E-state index contributed by atoms with van der Waals surface area (Å²) < 4.78 is 13.6. The molecule has 20 heavy (non-hydrogen) atoms. The molecular weight excluding hydrogens is 295 g/mol. The Morgan fingerprint density at radius 1 is 1.25 bits per heavy atom. The van der Waals surface area contributed by atoms with Crippen LogP contribution < -0.4 is 5.73 Å². The average molecular weight is 311 g/mol. The minimum absolute atomic E-state index is 0.120. The zero-order valence-corrected chi connectivity index (χ0v) is 12.6. The molecule has 0 spiro atoms. The van der Waals surface area contributed by atoms with Crippen LogP contribution in [0.3, 0.4) is 0 Å². The minimum atomic E-state index is -0.434. The lowest BCUT2D eigenvalue weighted by Crippen LogP contribution is -2.03. The molecule has 3 rings (SSSR count). The highest BCUT2D eigenvalue weighted by Gasteiger charge is 2.21. The third kappa shape index (κ3) is 2.67. The summed E-state index contributed by atoms with van der Waals surface area (Å²) in [4.78, 5) is 4.66. The second-order valence-corrected chi connectivity index (χ2v) is 6.70. The van der Waals surface area contributed by atoms with Crippen molar-refractivity contribution in [3.63, 3.8) is 0 Å². The number of halogens is 2. The van der Waals surface area contributed by atoms with Gasteiger partial charge in [-0.25, -0.2) is 9.37 Å². The van der Waals surface area contributed by atoms with Crippen molar-refractivity contribution >= 4 is 27.9 Å². The molecule has 0 aliphatic heterocycles. The van der Waals surface area contributed by atoms with Crippen LogP contribution in [-0.4, -0.2) is 4.98 Å². The molecule has 1 aliphatic carbocycles. The van der Waals surface area contributed by atoms with Crippen LogP contribution in [0.15, 0.2) is 18.2 Å². The van der Waals surface area contributed by atoms with Crippen molar-refractivity contribution in [2.24, 2.45) is 0 Å². The van der Waals surface area contributed by atoms with Crippen LogP contribution >= 0.6 is 22.9 Å². The molecule has 106 valence electrons. The van der Waals surface area contributed by atoms with Crippen molar-refractivity contribution in [1.29, 1.82) is 0 Å². The fourth-order valence-corrected chi connectivity index (χ4v) is 3.87. The van der Waals surface area contributed by atoms with Crippen molar-refractivity contribution in [3.8, 4) is 11.3 Å². The van der Waals surface area contributed by atoms with Gasteiger partial charge in [-0.2, -0.15) is 0 Å². The summed E-state index contributed by atoms with van der Waals surface area (Å²) in [6, 6.07) is 4.71. The quantitative estimate of drug-likeness (QED) is 0.824. The largest absolute Gasteiger partial charge is 0.389 e. The van der Waals surface area contributed by atoms with Gasteiger partial charge in [0, 0.05) is 11.5 Å². The number of hydrogen-bond donors (Lipinski definition) is 1. The van der Waals surface area contributed by atoms with Crippen molar-refractivity contribution in [2.45, 2.75) is 38.0 Å². The lowest BCUT2D eigenvalue weighted by molar-refractivity contribution is 0.442. The summed E-state index contributed by atoms with van der Waals surface area (Å²) in [7, 11) is 0. The number of anilines is 1. The molecular formula is C15H16ClFN2S. The van der Waals surface area contributed by atoms with Crippen molar-refractivity contribution in [1.82, 2.24) is 4.98 Å². The van der Waals surface area contributed by atoms with E-state index < -0.39 is 5.82 Å². The van der Waals surface area contributed by atoms with Gasteiger partial charge in [-0.05, 0) is 25.0 Å². The summed E-state index contributed by atoms with van der Waals surface area (Å²) in [5.41, 5.74) is 7.45. The van der Waals surface area contributed by atoms with E-state index in [1.165, 1.54) is 49.5 Å². The smallest absolute Gasteiger partial charge is 0.142 e. The van der Waals surface area contributed by atoms with E-state index in [0.717, 1.165) is 5.01 Å². The fourth-order valence-electron chi connectivity index (χ4n) is 2.72. The average Bonchev–Trinajstić information content (AvgIpc) is 2.85.